The zero-order valence-electron chi connectivity index (χ0n) is 9.70. The van der Waals surface area contributed by atoms with Crippen LogP contribution in [0.1, 0.15) is 16.9 Å². The summed E-state index contributed by atoms with van der Waals surface area (Å²) in [5.74, 6) is -1.07. The fourth-order valence-corrected chi connectivity index (χ4v) is 3.16. The lowest BCUT2D eigenvalue weighted by Gasteiger charge is -2.05. The molecule has 3 heterocycles. The van der Waals surface area contributed by atoms with E-state index in [1.807, 2.05) is 16.8 Å². The Morgan fingerprint density at radius 2 is 2.37 bits per heavy atom. The molecular weight excluding hydrogens is 286 g/mol. The highest BCUT2D eigenvalue weighted by atomic mass is 32.1. The van der Waals surface area contributed by atoms with Gasteiger partial charge in [-0.05, 0) is 11.4 Å². The van der Waals surface area contributed by atoms with Gasteiger partial charge in [-0.1, -0.05) is 0 Å². The Labute approximate surface area is 116 Å². The SMILES string of the molecule is O=C(O[C@H]1CCOC1=O)c1csc(-c2ccsc2)n1. The molecule has 0 N–H and O–H groups in total. The molecule has 1 fully saturated rings. The van der Waals surface area contributed by atoms with Gasteiger partial charge in [-0.2, -0.15) is 11.3 Å². The molecule has 1 aliphatic rings. The van der Waals surface area contributed by atoms with Gasteiger partial charge in [0.1, 0.15) is 5.01 Å². The predicted octanol–water partition coefficient (Wildman–Crippen LogP) is 2.34. The van der Waals surface area contributed by atoms with Gasteiger partial charge in [0.2, 0.25) is 6.10 Å². The van der Waals surface area contributed by atoms with E-state index < -0.39 is 18.0 Å². The second kappa shape index (κ2) is 5.10. The van der Waals surface area contributed by atoms with Crippen LogP contribution in [0, 0.1) is 0 Å². The summed E-state index contributed by atoms with van der Waals surface area (Å²) in [5, 5.41) is 6.31. The van der Waals surface area contributed by atoms with Gasteiger partial charge in [0, 0.05) is 22.7 Å². The Morgan fingerprint density at radius 1 is 1.47 bits per heavy atom. The summed E-state index contributed by atoms with van der Waals surface area (Å²) in [6.07, 6.45) is -0.384. The molecule has 1 saturated heterocycles. The Balaban J connectivity index is 1.72. The van der Waals surface area contributed by atoms with Crippen LogP contribution in [0.4, 0.5) is 0 Å². The van der Waals surface area contributed by atoms with E-state index in [0.717, 1.165) is 10.6 Å². The summed E-state index contributed by atoms with van der Waals surface area (Å²) in [6.45, 7) is 0.300. The van der Waals surface area contributed by atoms with Crippen molar-refractivity contribution in [3.63, 3.8) is 0 Å². The minimum Gasteiger partial charge on any atom is -0.463 e. The molecule has 1 atom stereocenters. The molecule has 0 unspecified atom stereocenters. The highest BCUT2D eigenvalue weighted by Crippen LogP contribution is 2.26. The minimum absolute atomic E-state index is 0.228. The molecule has 3 rings (SSSR count). The number of carbonyl (C=O) groups is 2. The first-order chi connectivity index (χ1) is 9.24. The van der Waals surface area contributed by atoms with Gasteiger partial charge in [0.15, 0.2) is 5.69 Å². The van der Waals surface area contributed by atoms with Crippen LogP contribution in [0.25, 0.3) is 10.6 Å². The second-order valence-electron chi connectivity index (χ2n) is 3.90. The van der Waals surface area contributed by atoms with E-state index >= 15 is 0 Å². The molecule has 0 saturated carbocycles. The van der Waals surface area contributed by atoms with Crippen molar-refractivity contribution in [3.05, 3.63) is 27.9 Å². The van der Waals surface area contributed by atoms with E-state index in [4.69, 9.17) is 9.47 Å². The van der Waals surface area contributed by atoms with E-state index in [2.05, 4.69) is 4.98 Å². The number of cyclic esters (lactones) is 1. The zero-order chi connectivity index (χ0) is 13.2. The van der Waals surface area contributed by atoms with Crippen molar-refractivity contribution in [2.45, 2.75) is 12.5 Å². The molecule has 0 amide bonds. The predicted molar refractivity (Wildman–Crippen MR) is 70.2 cm³/mol. The van der Waals surface area contributed by atoms with Crippen molar-refractivity contribution in [1.29, 1.82) is 0 Å². The molecule has 0 aromatic carbocycles. The third kappa shape index (κ3) is 2.52. The first-order valence-electron chi connectivity index (χ1n) is 5.60. The molecule has 19 heavy (non-hydrogen) atoms. The summed E-state index contributed by atoms with van der Waals surface area (Å²) in [4.78, 5) is 27.3. The average molecular weight is 295 g/mol. The largest absolute Gasteiger partial charge is 0.463 e. The standard InChI is InChI=1S/C12H9NO4S2/c14-11(17-9-1-3-16-12(9)15)8-6-19-10(13-8)7-2-4-18-5-7/h2,4-6,9H,1,3H2/t9-/m0/s1. The van der Waals surface area contributed by atoms with Gasteiger partial charge in [-0.3, -0.25) is 0 Å². The third-order valence-corrected chi connectivity index (χ3v) is 4.19. The van der Waals surface area contributed by atoms with Crippen molar-refractivity contribution >= 4 is 34.6 Å². The summed E-state index contributed by atoms with van der Waals surface area (Å²) >= 11 is 2.94. The van der Waals surface area contributed by atoms with Crippen LogP contribution in [0.5, 0.6) is 0 Å². The Bertz CT molecular complexity index is 605. The summed E-state index contributed by atoms with van der Waals surface area (Å²) in [5.41, 5.74) is 1.21. The van der Waals surface area contributed by atoms with E-state index in [9.17, 15) is 9.59 Å². The first kappa shape index (κ1) is 12.3. The molecule has 2 aromatic rings. The molecule has 0 radical (unpaired) electrons. The number of nitrogens with zero attached hydrogens (tertiary/aromatic N) is 1. The van der Waals surface area contributed by atoms with Crippen LogP contribution in [-0.2, 0) is 14.3 Å². The number of thiazole rings is 1. The van der Waals surface area contributed by atoms with Crippen molar-refractivity contribution in [3.8, 4) is 10.6 Å². The lowest BCUT2D eigenvalue weighted by atomic mass is 10.3. The Morgan fingerprint density at radius 3 is 3.05 bits per heavy atom. The van der Waals surface area contributed by atoms with Gasteiger partial charge >= 0.3 is 11.9 Å². The Kier molecular flexibility index (Phi) is 3.31. The molecule has 5 nitrogen and oxygen atoms in total. The monoisotopic (exact) mass is 295 g/mol. The third-order valence-electron chi connectivity index (χ3n) is 2.62. The fraction of sp³-hybridized carbons (Fsp3) is 0.250. The number of carbonyl (C=O) groups excluding carboxylic acids is 2. The fourth-order valence-electron chi connectivity index (χ4n) is 1.66. The maximum Gasteiger partial charge on any atom is 0.358 e. The van der Waals surface area contributed by atoms with Crippen LogP contribution in [0.2, 0.25) is 0 Å². The number of ether oxygens (including phenoxy) is 2. The van der Waals surface area contributed by atoms with Crippen LogP contribution in [-0.4, -0.2) is 29.6 Å². The normalized spacial score (nSPS) is 18.3. The lowest BCUT2D eigenvalue weighted by Crippen LogP contribution is -2.22. The summed E-state index contributed by atoms with van der Waals surface area (Å²) in [7, 11) is 0. The molecular formula is C12H9NO4S2. The second-order valence-corrected chi connectivity index (χ2v) is 5.54. The minimum atomic E-state index is -0.793. The molecule has 2 aromatic heterocycles. The molecule has 0 aliphatic carbocycles. The van der Waals surface area contributed by atoms with E-state index in [1.54, 1.807) is 16.7 Å². The molecule has 0 spiro atoms. The van der Waals surface area contributed by atoms with Crippen molar-refractivity contribution < 1.29 is 19.1 Å². The van der Waals surface area contributed by atoms with Gasteiger partial charge in [-0.15, -0.1) is 11.3 Å². The quantitative estimate of drug-likeness (QED) is 0.813. The highest BCUT2D eigenvalue weighted by Gasteiger charge is 2.31. The number of hydrogen-bond acceptors (Lipinski definition) is 7. The number of thiophene rings is 1. The molecule has 0 bridgehead atoms. The van der Waals surface area contributed by atoms with Crippen LogP contribution in [0.3, 0.4) is 0 Å². The van der Waals surface area contributed by atoms with Crippen molar-refractivity contribution in [1.82, 2.24) is 4.98 Å². The van der Waals surface area contributed by atoms with E-state index in [0.29, 0.717) is 13.0 Å². The first-order valence-corrected chi connectivity index (χ1v) is 7.42. The average Bonchev–Trinajstić information content (AvgIpc) is 3.09. The van der Waals surface area contributed by atoms with Crippen LogP contribution in [0.15, 0.2) is 22.2 Å². The maximum absolute atomic E-state index is 11.8. The Hall–Kier alpha value is -1.73. The lowest BCUT2D eigenvalue weighted by molar-refractivity contribution is -0.145. The molecule has 1 aliphatic heterocycles. The van der Waals surface area contributed by atoms with Crippen LogP contribution < -0.4 is 0 Å². The number of esters is 2. The van der Waals surface area contributed by atoms with Gasteiger partial charge in [0.25, 0.3) is 0 Å². The highest BCUT2D eigenvalue weighted by molar-refractivity contribution is 7.14. The topological polar surface area (TPSA) is 65.5 Å². The van der Waals surface area contributed by atoms with Crippen LogP contribution >= 0.6 is 22.7 Å². The number of hydrogen-bond donors (Lipinski definition) is 0. The smallest absolute Gasteiger partial charge is 0.358 e. The van der Waals surface area contributed by atoms with E-state index in [-0.39, 0.29) is 5.69 Å². The summed E-state index contributed by atoms with van der Waals surface area (Å²) < 4.78 is 9.81. The van der Waals surface area contributed by atoms with Crippen molar-refractivity contribution in [2.24, 2.45) is 0 Å². The van der Waals surface area contributed by atoms with Gasteiger partial charge in [-0.25, -0.2) is 14.6 Å². The van der Waals surface area contributed by atoms with E-state index in [1.165, 1.54) is 11.3 Å². The van der Waals surface area contributed by atoms with Gasteiger partial charge < -0.3 is 9.47 Å². The number of aromatic nitrogens is 1. The summed E-state index contributed by atoms with van der Waals surface area (Å²) in [6, 6.07) is 1.94. The zero-order valence-corrected chi connectivity index (χ0v) is 11.3. The molecule has 98 valence electrons. The maximum atomic E-state index is 11.8. The number of rotatable bonds is 3. The van der Waals surface area contributed by atoms with Gasteiger partial charge in [0.05, 0.1) is 6.61 Å². The molecule has 7 heteroatoms. The van der Waals surface area contributed by atoms with Crippen molar-refractivity contribution in [2.75, 3.05) is 6.61 Å².